The number of aromatic nitrogens is 2. The first-order valence-corrected chi connectivity index (χ1v) is 6.38. The van der Waals surface area contributed by atoms with E-state index in [9.17, 15) is 5.11 Å². The Kier molecular flexibility index (Phi) is 5.65. The van der Waals surface area contributed by atoms with Gasteiger partial charge < -0.3 is 15.0 Å². The second kappa shape index (κ2) is 6.77. The zero-order chi connectivity index (χ0) is 12.7. The number of imidazole rings is 1. The third-order valence-electron chi connectivity index (χ3n) is 2.68. The lowest BCUT2D eigenvalue weighted by molar-refractivity contribution is 0.0387. The fourth-order valence-electron chi connectivity index (χ4n) is 2.11. The summed E-state index contributed by atoms with van der Waals surface area (Å²) in [6.45, 7) is 8.72. The maximum absolute atomic E-state index is 10.1. The predicted molar refractivity (Wildman–Crippen MR) is 69.8 cm³/mol. The molecule has 0 aliphatic rings. The van der Waals surface area contributed by atoms with Gasteiger partial charge in [-0.15, -0.1) is 0 Å². The molecule has 0 spiro atoms. The smallest absolute Gasteiger partial charge is 0.0945 e. The van der Waals surface area contributed by atoms with Crippen molar-refractivity contribution in [3.8, 4) is 0 Å². The summed E-state index contributed by atoms with van der Waals surface area (Å²) < 4.78 is 2.06. The van der Waals surface area contributed by atoms with E-state index >= 15 is 0 Å². The van der Waals surface area contributed by atoms with Gasteiger partial charge in [0.15, 0.2) is 0 Å². The zero-order valence-corrected chi connectivity index (χ0v) is 11.2. The Labute approximate surface area is 104 Å². The average molecular weight is 239 g/mol. The van der Waals surface area contributed by atoms with Crippen LogP contribution in [0.3, 0.4) is 0 Å². The van der Waals surface area contributed by atoms with Crippen LogP contribution >= 0.6 is 0 Å². The van der Waals surface area contributed by atoms with Crippen LogP contribution in [0, 0.1) is 5.92 Å². The lowest BCUT2D eigenvalue weighted by Gasteiger charge is -2.25. The third-order valence-corrected chi connectivity index (χ3v) is 2.68. The molecule has 1 atom stereocenters. The summed E-state index contributed by atoms with van der Waals surface area (Å²) in [7, 11) is 0. The molecule has 0 saturated heterocycles. The van der Waals surface area contributed by atoms with Crippen LogP contribution in [0.4, 0.5) is 0 Å². The standard InChI is InChI=1S/C13H25N3O/c1-12(2)9-13(3,17)10-14-5-4-7-16-8-6-15-11-16/h6,8,11-12,14,17H,4-5,7,9-10H2,1-3H3. The summed E-state index contributed by atoms with van der Waals surface area (Å²) in [5.74, 6) is 0.526. The molecule has 0 aromatic carbocycles. The summed E-state index contributed by atoms with van der Waals surface area (Å²) in [5, 5.41) is 13.4. The molecule has 1 aromatic heterocycles. The molecule has 0 saturated carbocycles. The van der Waals surface area contributed by atoms with Gasteiger partial charge in [0, 0.05) is 25.5 Å². The van der Waals surface area contributed by atoms with Crippen LogP contribution in [0.5, 0.6) is 0 Å². The molecule has 2 N–H and O–H groups in total. The summed E-state index contributed by atoms with van der Waals surface area (Å²) in [6, 6.07) is 0. The van der Waals surface area contributed by atoms with Crippen molar-refractivity contribution < 1.29 is 5.11 Å². The number of nitrogens with zero attached hydrogens (tertiary/aromatic N) is 2. The molecule has 1 rings (SSSR count). The number of nitrogens with one attached hydrogen (secondary N) is 1. The Bertz CT molecular complexity index is 294. The van der Waals surface area contributed by atoms with Gasteiger partial charge in [-0.2, -0.15) is 0 Å². The molecule has 1 unspecified atom stereocenters. The minimum Gasteiger partial charge on any atom is -0.389 e. The Morgan fingerprint density at radius 2 is 2.24 bits per heavy atom. The number of rotatable bonds is 8. The first-order valence-electron chi connectivity index (χ1n) is 6.38. The van der Waals surface area contributed by atoms with Gasteiger partial charge in [0.05, 0.1) is 11.9 Å². The summed E-state index contributed by atoms with van der Waals surface area (Å²) in [5.41, 5.74) is -0.594. The Balaban J connectivity index is 2.07. The van der Waals surface area contributed by atoms with E-state index in [1.807, 2.05) is 19.4 Å². The zero-order valence-electron chi connectivity index (χ0n) is 11.2. The van der Waals surface area contributed by atoms with E-state index in [1.165, 1.54) is 0 Å². The van der Waals surface area contributed by atoms with Gasteiger partial charge in [0.25, 0.3) is 0 Å². The number of hydrogen-bond acceptors (Lipinski definition) is 3. The van der Waals surface area contributed by atoms with Crippen LogP contribution in [0.25, 0.3) is 0 Å². The molecule has 0 amide bonds. The summed E-state index contributed by atoms with van der Waals surface area (Å²) in [6.07, 6.45) is 7.47. The van der Waals surface area contributed by atoms with Gasteiger partial charge in [0.1, 0.15) is 0 Å². The van der Waals surface area contributed by atoms with Gasteiger partial charge >= 0.3 is 0 Å². The maximum Gasteiger partial charge on any atom is 0.0945 e. The highest BCUT2D eigenvalue weighted by molar-refractivity contribution is 4.77. The SMILES string of the molecule is CC(C)CC(C)(O)CNCCCn1ccnc1. The molecule has 98 valence electrons. The van der Waals surface area contributed by atoms with Crippen molar-refractivity contribution in [3.05, 3.63) is 18.7 Å². The molecule has 4 heteroatoms. The van der Waals surface area contributed by atoms with Crippen molar-refractivity contribution in [1.82, 2.24) is 14.9 Å². The van der Waals surface area contributed by atoms with Crippen molar-refractivity contribution in [3.63, 3.8) is 0 Å². The lowest BCUT2D eigenvalue weighted by Crippen LogP contribution is -2.39. The van der Waals surface area contributed by atoms with Gasteiger partial charge in [-0.3, -0.25) is 0 Å². The fraction of sp³-hybridized carbons (Fsp3) is 0.769. The van der Waals surface area contributed by atoms with Crippen molar-refractivity contribution in [2.24, 2.45) is 5.92 Å². The molecule has 17 heavy (non-hydrogen) atoms. The average Bonchev–Trinajstić information content (AvgIpc) is 2.67. The van der Waals surface area contributed by atoms with Gasteiger partial charge in [-0.05, 0) is 32.2 Å². The first kappa shape index (κ1) is 14.2. The molecule has 0 aliphatic heterocycles. The molecule has 0 fully saturated rings. The molecular formula is C13H25N3O. The quantitative estimate of drug-likeness (QED) is 0.678. The fourth-order valence-corrected chi connectivity index (χ4v) is 2.11. The van der Waals surface area contributed by atoms with Gasteiger partial charge in [-0.1, -0.05) is 13.8 Å². The van der Waals surface area contributed by atoms with E-state index in [4.69, 9.17) is 0 Å². The maximum atomic E-state index is 10.1. The van der Waals surface area contributed by atoms with Crippen molar-refractivity contribution in [2.45, 2.75) is 45.8 Å². The molecule has 0 bridgehead atoms. The van der Waals surface area contributed by atoms with E-state index in [1.54, 1.807) is 6.20 Å². The number of hydrogen-bond donors (Lipinski definition) is 2. The van der Waals surface area contributed by atoms with E-state index in [-0.39, 0.29) is 0 Å². The third kappa shape index (κ3) is 6.44. The van der Waals surface area contributed by atoms with E-state index < -0.39 is 5.60 Å². The molecule has 1 aromatic rings. The normalized spacial score (nSPS) is 15.1. The van der Waals surface area contributed by atoms with Crippen LogP contribution in [-0.4, -0.2) is 33.3 Å². The lowest BCUT2D eigenvalue weighted by atomic mass is 9.94. The number of aliphatic hydroxyl groups is 1. The largest absolute Gasteiger partial charge is 0.389 e. The van der Waals surface area contributed by atoms with Crippen LogP contribution in [-0.2, 0) is 6.54 Å². The van der Waals surface area contributed by atoms with E-state index in [0.29, 0.717) is 12.5 Å². The highest BCUT2D eigenvalue weighted by atomic mass is 16.3. The second-order valence-corrected chi connectivity index (χ2v) is 5.43. The highest BCUT2D eigenvalue weighted by Gasteiger charge is 2.20. The summed E-state index contributed by atoms with van der Waals surface area (Å²) in [4.78, 5) is 4.00. The molecule has 0 radical (unpaired) electrons. The van der Waals surface area contributed by atoms with Crippen molar-refractivity contribution >= 4 is 0 Å². The van der Waals surface area contributed by atoms with Crippen LogP contribution in [0.2, 0.25) is 0 Å². The molecular weight excluding hydrogens is 214 g/mol. The Morgan fingerprint density at radius 1 is 1.47 bits per heavy atom. The topological polar surface area (TPSA) is 50.1 Å². The van der Waals surface area contributed by atoms with E-state index in [2.05, 4.69) is 28.7 Å². The van der Waals surface area contributed by atoms with Gasteiger partial charge in [0.2, 0.25) is 0 Å². The van der Waals surface area contributed by atoms with Crippen LogP contribution in [0.1, 0.15) is 33.6 Å². The second-order valence-electron chi connectivity index (χ2n) is 5.43. The monoisotopic (exact) mass is 239 g/mol. The molecule has 1 heterocycles. The minimum atomic E-state index is -0.594. The first-order chi connectivity index (χ1) is 7.99. The van der Waals surface area contributed by atoms with Crippen LogP contribution in [0.15, 0.2) is 18.7 Å². The molecule has 4 nitrogen and oxygen atoms in total. The van der Waals surface area contributed by atoms with Crippen LogP contribution < -0.4 is 5.32 Å². The van der Waals surface area contributed by atoms with E-state index in [0.717, 1.165) is 25.9 Å². The predicted octanol–water partition coefficient (Wildman–Crippen LogP) is 1.66. The number of aryl methyl sites for hydroxylation is 1. The Hall–Kier alpha value is -0.870. The highest BCUT2D eigenvalue weighted by Crippen LogP contribution is 2.14. The van der Waals surface area contributed by atoms with Crippen molar-refractivity contribution in [2.75, 3.05) is 13.1 Å². The Morgan fingerprint density at radius 3 is 2.82 bits per heavy atom. The van der Waals surface area contributed by atoms with Crippen molar-refractivity contribution in [1.29, 1.82) is 0 Å². The molecule has 0 aliphatic carbocycles. The van der Waals surface area contributed by atoms with Gasteiger partial charge in [-0.25, -0.2) is 4.98 Å². The minimum absolute atomic E-state index is 0.526. The summed E-state index contributed by atoms with van der Waals surface area (Å²) >= 11 is 0.